The molecule has 2 rings (SSSR count). The fraction of sp³-hybridized carbons (Fsp3) is 0.500. The Kier molecular flexibility index (Phi) is 5.24. The summed E-state index contributed by atoms with van der Waals surface area (Å²) in [6, 6.07) is 5.77. The molecule has 1 aliphatic rings. The van der Waals surface area contributed by atoms with Gasteiger partial charge in [-0.2, -0.15) is 0 Å². The number of carbonyl (C=O) groups excluding carboxylic acids is 1. The fourth-order valence-electron chi connectivity index (χ4n) is 2.40. The maximum atomic E-state index is 11.9. The number of hydrogen-bond donors (Lipinski definition) is 2. The zero-order valence-corrected chi connectivity index (χ0v) is 11.7. The summed E-state index contributed by atoms with van der Waals surface area (Å²) in [6.45, 7) is 2.12. The number of nitro groups is 1. The number of rotatable bonds is 5. The van der Waals surface area contributed by atoms with Crippen LogP contribution >= 0.6 is 0 Å². The van der Waals surface area contributed by atoms with Crippen molar-refractivity contribution in [1.82, 2.24) is 4.90 Å². The van der Waals surface area contributed by atoms with Crippen molar-refractivity contribution in [2.24, 2.45) is 5.92 Å². The molecule has 0 bridgehead atoms. The Labute approximate surface area is 122 Å². The van der Waals surface area contributed by atoms with Crippen LogP contribution in [0.4, 0.5) is 11.4 Å². The highest BCUT2D eigenvalue weighted by Crippen LogP contribution is 2.17. The van der Waals surface area contributed by atoms with Gasteiger partial charge in [-0.05, 0) is 44.0 Å². The first-order valence-corrected chi connectivity index (χ1v) is 6.96. The third-order valence-electron chi connectivity index (χ3n) is 3.69. The molecule has 0 aromatic heterocycles. The van der Waals surface area contributed by atoms with E-state index in [1.165, 1.54) is 24.3 Å². The molecule has 1 aliphatic heterocycles. The van der Waals surface area contributed by atoms with Crippen molar-refractivity contribution in [3.05, 3.63) is 34.4 Å². The molecule has 7 nitrogen and oxygen atoms in total. The quantitative estimate of drug-likeness (QED) is 0.629. The van der Waals surface area contributed by atoms with Gasteiger partial charge in [-0.1, -0.05) is 0 Å². The lowest BCUT2D eigenvalue weighted by Crippen LogP contribution is -2.39. The molecule has 0 radical (unpaired) electrons. The third-order valence-corrected chi connectivity index (χ3v) is 3.69. The van der Waals surface area contributed by atoms with Gasteiger partial charge in [0, 0.05) is 24.4 Å². The number of likely N-dealkylation sites (tertiary alicyclic amines) is 1. The number of nitrogens with zero attached hydrogens (tertiary/aromatic N) is 2. The van der Waals surface area contributed by atoms with Gasteiger partial charge in [0.1, 0.15) is 0 Å². The van der Waals surface area contributed by atoms with Crippen molar-refractivity contribution in [1.29, 1.82) is 0 Å². The normalized spacial score (nSPS) is 16.6. The first-order valence-electron chi connectivity index (χ1n) is 6.96. The molecule has 1 aromatic carbocycles. The number of carbonyl (C=O) groups is 1. The van der Waals surface area contributed by atoms with Gasteiger partial charge in [-0.15, -0.1) is 0 Å². The predicted octanol–water partition coefficient (Wildman–Crippen LogP) is 1.24. The van der Waals surface area contributed by atoms with Crippen LogP contribution in [0.15, 0.2) is 24.3 Å². The number of aliphatic hydroxyl groups excluding tert-OH is 1. The number of amides is 1. The average molecular weight is 293 g/mol. The van der Waals surface area contributed by atoms with Crippen LogP contribution < -0.4 is 5.32 Å². The molecule has 1 aromatic rings. The van der Waals surface area contributed by atoms with Crippen molar-refractivity contribution in [2.45, 2.75) is 12.8 Å². The highest BCUT2D eigenvalue weighted by atomic mass is 16.6. The van der Waals surface area contributed by atoms with Crippen LogP contribution in [0.25, 0.3) is 0 Å². The molecular formula is C14H19N3O4. The number of nitro benzene ring substituents is 1. The van der Waals surface area contributed by atoms with Crippen LogP contribution in [-0.4, -0.2) is 47.1 Å². The first-order chi connectivity index (χ1) is 10.1. The Hall–Kier alpha value is -1.99. The molecule has 0 atom stereocenters. The van der Waals surface area contributed by atoms with Gasteiger partial charge in [0.25, 0.3) is 5.69 Å². The smallest absolute Gasteiger partial charge is 0.269 e. The molecule has 0 unspecified atom stereocenters. The van der Waals surface area contributed by atoms with Crippen LogP contribution in [-0.2, 0) is 4.79 Å². The number of benzene rings is 1. The lowest BCUT2D eigenvalue weighted by molar-refractivity contribution is -0.384. The summed E-state index contributed by atoms with van der Waals surface area (Å²) >= 11 is 0. The van der Waals surface area contributed by atoms with Crippen LogP contribution in [0, 0.1) is 16.0 Å². The fourth-order valence-corrected chi connectivity index (χ4v) is 2.40. The number of nitrogens with one attached hydrogen (secondary N) is 1. The van der Waals surface area contributed by atoms with Gasteiger partial charge in [0.2, 0.25) is 5.91 Å². The second kappa shape index (κ2) is 7.14. The molecule has 0 saturated carbocycles. The van der Waals surface area contributed by atoms with Crippen LogP contribution in [0.1, 0.15) is 12.8 Å². The molecule has 0 spiro atoms. The van der Waals surface area contributed by atoms with Gasteiger partial charge in [-0.3, -0.25) is 19.8 Å². The molecule has 0 aliphatic carbocycles. The lowest BCUT2D eigenvalue weighted by Gasteiger charge is -2.30. The molecule has 2 N–H and O–H groups in total. The Morgan fingerprint density at radius 3 is 2.48 bits per heavy atom. The van der Waals surface area contributed by atoms with Gasteiger partial charge in [0.05, 0.1) is 11.5 Å². The van der Waals surface area contributed by atoms with Crippen molar-refractivity contribution in [2.75, 3.05) is 31.6 Å². The van der Waals surface area contributed by atoms with E-state index >= 15 is 0 Å². The minimum absolute atomic E-state index is 0.000857. The van der Waals surface area contributed by atoms with Crippen LogP contribution in [0.5, 0.6) is 0 Å². The highest BCUT2D eigenvalue weighted by molar-refractivity contribution is 5.92. The van der Waals surface area contributed by atoms with E-state index in [9.17, 15) is 14.9 Å². The number of piperidine rings is 1. The summed E-state index contributed by atoms with van der Waals surface area (Å²) < 4.78 is 0. The summed E-state index contributed by atoms with van der Waals surface area (Å²) in [5, 5.41) is 22.3. The molecule has 114 valence electrons. The standard InChI is InChI=1S/C14H19N3O4/c18-10-11-5-7-16(8-6-11)9-14(19)15-12-1-3-13(4-2-12)17(20)21/h1-4,11,18H,5-10H2,(H,15,19). The minimum Gasteiger partial charge on any atom is -0.396 e. The summed E-state index contributed by atoms with van der Waals surface area (Å²) in [4.78, 5) is 24.0. The van der Waals surface area contributed by atoms with Gasteiger partial charge < -0.3 is 10.4 Å². The number of aliphatic hydroxyl groups is 1. The average Bonchev–Trinajstić information content (AvgIpc) is 2.48. The number of hydrogen-bond acceptors (Lipinski definition) is 5. The summed E-state index contributed by atoms with van der Waals surface area (Å²) in [6.07, 6.45) is 1.81. The van der Waals surface area contributed by atoms with Gasteiger partial charge >= 0.3 is 0 Å². The maximum absolute atomic E-state index is 11.9. The van der Waals surface area contributed by atoms with E-state index in [0.717, 1.165) is 25.9 Å². The highest BCUT2D eigenvalue weighted by Gasteiger charge is 2.20. The lowest BCUT2D eigenvalue weighted by atomic mass is 9.98. The Bertz CT molecular complexity index is 495. The molecule has 21 heavy (non-hydrogen) atoms. The summed E-state index contributed by atoms with van der Waals surface area (Å²) in [5.41, 5.74) is 0.551. The van der Waals surface area contributed by atoms with Crippen LogP contribution in [0.2, 0.25) is 0 Å². The maximum Gasteiger partial charge on any atom is 0.269 e. The SMILES string of the molecule is O=C(CN1CCC(CO)CC1)Nc1ccc([N+](=O)[O-])cc1. The summed E-state index contributed by atoms with van der Waals surface area (Å²) in [7, 11) is 0. The monoisotopic (exact) mass is 293 g/mol. The molecule has 1 fully saturated rings. The Morgan fingerprint density at radius 1 is 1.33 bits per heavy atom. The molecule has 7 heteroatoms. The van der Waals surface area contributed by atoms with Crippen molar-refractivity contribution >= 4 is 17.3 Å². The van der Waals surface area contributed by atoms with Gasteiger partial charge in [0.15, 0.2) is 0 Å². The van der Waals surface area contributed by atoms with E-state index in [1.54, 1.807) is 0 Å². The molecule has 1 saturated heterocycles. The molecule has 1 heterocycles. The zero-order valence-electron chi connectivity index (χ0n) is 11.7. The van der Waals surface area contributed by atoms with Crippen LogP contribution in [0.3, 0.4) is 0 Å². The van der Waals surface area contributed by atoms with E-state index in [2.05, 4.69) is 5.32 Å². The third kappa shape index (κ3) is 4.51. The van der Waals surface area contributed by atoms with Crippen molar-refractivity contribution in [3.63, 3.8) is 0 Å². The summed E-state index contributed by atoms with van der Waals surface area (Å²) in [5.74, 6) is 0.213. The largest absolute Gasteiger partial charge is 0.396 e. The van der Waals surface area contributed by atoms with Crippen molar-refractivity contribution in [3.8, 4) is 0 Å². The van der Waals surface area contributed by atoms with E-state index in [4.69, 9.17) is 5.11 Å². The van der Waals surface area contributed by atoms with Gasteiger partial charge in [-0.25, -0.2) is 0 Å². The Balaban J connectivity index is 1.80. The van der Waals surface area contributed by atoms with E-state index < -0.39 is 4.92 Å². The number of anilines is 1. The van der Waals surface area contributed by atoms with E-state index in [1.807, 2.05) is 4.90 Å². The molecular weight excluding hydrogens is 274 g/mol. The topological polar surface area (TPSA) is 95.7 Å². The second-order valence-electron chi connectivity index (χ2n) is 5.25. The van der Waals surface area contributed by atoms with E-state index in [0.29, 0.717) is 18.2 Å². The Morgan fingerprint density at radius 2 is 1.95 bits per heavy atom. The zero-order chi connectivity index (χ0) is 15.2. The minimum atomic E-state index is -0.475. The predicted molar refractivity (Wildman–Crippen MR) is 78.0 cm³/mol. The van der Waals surface area contributed by atoms with Crippen molar-refractivity contribution < 1.29 is 14.8 Å². The number of non-ortho nitro benzene ring substituents is 1. The molecule has 1 amide bonds. The van der Waals surface area contributed by atoms with E-state index in [-0.39, 0.29) is 18.2 Å². The first kappa shape index (κ1) is 15.4. The second-order valence-corrected chi connectivity index (χ2v) is 5.25.